The standard InChI is InChI=1S/C33H41N3O5S/c1-24(2)27-16-18-29(19-17-27)36(42(39,40)31-12-6-5-7-13-31)23-32(37)35(22-26-14-20-30(41-4)21-15-26)25(3)33(38)34-28-10-8-9-11-28/h5-7,12-21,24-25,28H,8-11,22-23H2,1-4H3,(H,34,38)/t25-/m1/s1. The number of anilines is 1. The Morgan fingerprint density at radius 1 is 0.905 bits per heavy atom. The first-order valence-electron chi connectivity index (χ1n) is 14.5. The van der Waals surface area contributed by atoms with E-state index < -0.39 is 28.5 Å². The molecule has 3 aromatic rings. The zero-order chi connectivity index (χ0) is 30.3. The van der Waals surface area contributed by atoms with E-state index >= 15 is 0 Å². The third-order valence-corrected chi connectivity index (χ3v) is 9.63. The van der Waals surface area contributed by atoms with Crippen LogP contribution in [0, 0.1) is 0 Å². The maximum absolute atomic E-state index is 14.1. The van der Waals surface area contributed by atoms with Crippen molar-refractivity contribution in [2.24, 2.45) is 0 Å². The lowest BCUT2D eigenvalue weighted by atomic mass is 10.0. The average molecular weight is 592 g/mol. The fourth-order valence-corrected chi connectivity index (χ4v) is 6.61. The van der Waals surface area contributed by atoms with Crippen molar-refractivity contribution in [3.05, 3.63) is 90.0 Å². The fourth-order valence-electron chi connectivity index (χ4n) is 5.18. The van der Waals surface area contributed by atoms with E-state index in [-0.39, 0.29) is 29.3 Å². The van der Waals surface area contributed by atoms with Crippen LogP contribution in [-0.4, -0.2) is 50.9 Å². The Hall–Kier alpha value is -3.85. The fraction of sp³-hybridized carbons (Fsp3) is 0.394. The number of carbonyl (C=O) groups excluding carboxylic acids is 2. The van der Waals surface area contributed by atoms with Crippen molar-refractivity contribution in [2.45, 2.75) is 75.9 Å². The van der Waals surface area contributed by atoms with Crippen molar-refractivity contribution >= 4 is 27.5 Å². The number of amides is 2. The molecule has 1 fully saturated rings. The zero-order valence-corrected chi connectivity index (χ0v) is 25.6. The highest BCUT2D eigenvalue weighted by Gasteiger charge is 2.33. The molecule has 0 saturated heterocycles. The van der Waals surface area contributed by atoms with Gasteiger partial charge in [-0.25, -0.2) is 8.42 Å². The molecule has 0 heterocycles. The lowest BCUT2D eigenvalue weighted by molar-refractivity contribution is -0.139. The number of benzene rings is 3. The van der Waals surface area contributed by atoms with Crippen LogP contribution in [0.25, 0.3) is 0 Å². The highest BCUT2D eigenvalue weighted by Crippen LogP contribution is 2.27. The summed E-state index contributed by atoms with van der Waals surface area (Å²) in [6, 6.07) is 21.8. The van der Waals surface area contributed by atoms with Gasteiger partial charge in [0.25, 0.3) is 10.0 Å². The Kier molecular flexibility index (Phi) is 10.3. The van der Waals surface area contributed by atoms with Crippen molar-refractivity contribution in [3.8, 4) is 5.75 Å². The Morgan fingerprint density at radius 2 is 1.52 bits per heavy atom. The van der Waals surface area contributed by atoms with Crippen LogP contribution in [0.4, 0.5) is 5.69 Å². The number of nitrogens with one attached hydrogen (secondary N) is 1. The number of nitrogens with zero attached hydrogens (tertiary/aromatic N) is 2. The van der Waals surface area contributed by atoms with Crippen molar-refractivity contribution in [2.75, 3.05) is 18.0 Å². The summed E-state index contributed by atoms with van der Waals surface area (Å²) >= 11 is 0. The van der Waals surface area contributed by atoms with Crippen LogP contribution >= 0.6 is 0 Å². The molecule has 0 aliphatic heterocycles. The summed E-state index contributed by atoms with van der Waals surface area (Å²) in [5, 5.41) is 3.09. The maximum atomic E-state index is 14.1. The molecular weight excluding hydrogens is 550 g/mol. The monoisotopic (exact) mass is 591 g/mol. The van der Waals surface area contributed by atoms with E-state index in [1.165, 1.54) is 17.0 Å². The molecule has 224 valence electrons. The molecule has 1 aliphatic carbocycles. The summed E-state index contributed by atoms with van der Waals surface area (Å²) < 4.78 is 34.3. The van der Waals surface area contributed by atoms with Crippen LogP contribution in [0.15, 0.2) is 83.8 Å². The average Bonchev–Trinajstić information content (AvgIpc) is 3.52. The van der Waals surface area contributed by atoms with E-state index in [1.54, 1.807) is 56.5 Å². The second-order valence-electron chi connectivity index (χ2n) is 11.1. The van der Waals surface area contributed by atoms with Crippen molar-refractivity contribution in [1.82, 2.24) is 10.2 Å². The van der Waals surface area contributed by atoms with E-state index in [4.69, 9.17) is 4.74 Å². The molecule has 0 bridgehead atoms. The van der Waals surface area contributed by atoms with Gasteiger partial charge in [0.05, 0.1) is 17.7 Å². The third-order valence-electron chi connectivity index (χ3n) is 7.84. The Balaban J connectivity index is 1.68. The lowest BCUT2D eigenvalue weighted by Gasteiger charge is -2.32. The Morgan fingerprint density at radius 3 is 2.10 bits per heavy atom. The van der Waals surface area contributed by atoms with Gasteiger partial charge in [0.2, 0.25) is 11.8 Å². The summed E-state index contributed by atoms with van der Waals surface area (Å²) in [6.07, 6.45) is 3.96. The number of sulfonamides is 1. The van der Waals surface area contributed by atoms with Crippen LogP contribution in [0.2, 0.25) is 0 Å². The maximum Gasteiger partial charge on any atom is 0.264 e. The largest absolute Gasteiger partial charge is 0.497 e. The van der Waals surface area contributed by atoms with Crippen molar-refractivity contribution < 1.29 is 22.7 Å². The molecule has 0 radical (unpaired) electrons. The van der Waals surface area contributed by atoms with Crippen molar-refractivity contribution in [1.29, 1.82) is 0 Å². The van der Waals surface area contributed by atoms with Gasteiger partial charge in [-0.1, -0.05) is 69.2 Å². The molecule has 9 heteroatoms. The third kappa shape index (κ3) is 7.50. The highest BCUT2D eigenvalue weighted by molar-refractivity contribution is 7.92. The van der Waals surface area contributed by atoms with Gasteiger partial charge in [-0.2, -0.15) is 0 Å². The van der Waals surface area contributed by atoms with Gasteiger partial charge < -0.3 is 15.0 Å². The van der Waals surface area contributed by atoms with E-state index in [2.05, 4.69) is 19.2 Å². The summed E-state index contributed by atoms with van der Waals surface area (Å²) in [7, 11) is -2.51. The van der Waals surface area contributed by atoms with Crippen LogP contribution in [0.5, 0.6) is 5.75 Å². The normalized spacial score (nSPS) is 14.4. The molecule has 0 aromatic heterocycles. The number of hydrogen-bond donors (Lipinski definition) is 1. The first-order valence-corrected chi connectivity index (χ1v) is 15.9. The zero-order valence-electron chi connectivity index (χ0n) is 24.8. The smallest absolute Gasteiger partial charge is 0.264 e. The summed E-state index contributed by atoms with van der Waals surface area (Å²) in [4.78, 5) is 29.0. The molecular formula is C33H41N3O5S. The first kappa shape index (κ1) is 31.1. The molecule has 0 spiro atoms. The lowest BCUT2D eigenvalue weighted by Crippen LogP contribution is -2.52. The number of hydrogen-bond acceptors (Lipinski definition) is 5. The topological polar surface area (TPSA) is 96.0 Å². The second-order valence-corrected chi connectivity index (χ2v) is 13.0. The number of carbonyl (C=O) groups is 2. The molecule has 0 unspecified atom stereocenters. The minimum Gasteiger partial charge on any atom is -0.497 e. The Labute approximate surface area is 249 Å². The summed E-state index contributed by atoms with van der Waals surface area (Å²) in [6.45, 7) is 5.49. The van der Waals surface area contributed by atoms with Crippen LogP contribution in [0.3, 0.4) is 0 Å². The van der Waals surface area contributed by atoms with Gasteiger partial charge in [-0.05, 0) is 73.2 Å². The molecule has 1 saturated carbocycles. The van der Waals surface area contributed by atoms with E-state index in [0.717, 1.165) is 41.1 Å². The minimum absolute atomic E-state index is 0.0828. The second kappa shape index (κ2) is 13.9. The summed E-state index contributed by atoms with van der Waals surface area (Å²) in [5.41, 5.74) is 2.23. The van der Waals surface area contributed by atoms with Crippen LogP contribution in [-0.2, 0) is 26.2 Å². The van der Waals surface area contributed by atoms with Crippen LogP contribution < -0.4 is 14.4 Å². The predicted octanol–water partition coefficient (Wildman–Crippen LogP) is 5.49. The highest BCUT2D eigenvalue weighted by atomic mass is 32.2. The molecule has 1 atom stereocenters. The molecule has 1 aliphatic rings. The van der Waals surface area contributed by atoms with Gasteiger partial charge in [-0.15, -0.1) is 0 Å². The van der Waals surface area contributed by atoms with Gasteiger partial charge in [0.15, 0.2) is 0 Å². The van der Waals surface area contributed by atoms with Gasteiger partial charge in [0, 0.05) is 12.6 Å². The predicted molar refractivity (Wildman–Crippen MR) is 165 cm³/mol. The minimum atomic E-state index is -4.09. The first-order chi connectivity index (χ1) is 20.1. The van der Waals surface area contributed by atoms with E-state index in [0.29, 0.717) is 11.4 Å². The van der Waals surface area contributed by atoms with Gasteiger partial charge in [0.1, 0.15) is 18.3 Å². The molecule has 8 nitrogen and oxygen atoms in total. The molecule has 3 aromatic carbocycles. The number of methoxy groups -OCH3 is 1. The van der Waals surface area contributed by atoms with Crippen molar-refractivity contribution in [3.63, 3.8) is 0 Å². The van der Waals surface area contributed by atoms with E-state index in [9.17, 15) is 18.0 Å². The number of rotatable bonds is 12. The SMILES string of the molecule is COc1ccc(CN(C(=O)CN(c2ccc(C(C)C)cc2)S(=O)(=O)c2ccccc2)[C@H](C)C(=O)NC2CCCC2)cc1. The Bertz CT molecular complexity index is 1440. The van der Waals surface area contributed by atoms with Gasteiger partial charge >= 0.3 is 0 Å². The molecule has 4 rings (SSSR count). The molecule has 42 heavy (non-hydrogen) atoms. The quantitative estimate of drug-likeness (QED) is 0.301. The van der Waals surface area contributed by atoms with E-state index in [1.807, 2.05) is 24.3 Å². The molecule has 2 amide bonds. The summed E-state index contributed by atoms with van der Waals surface area (Å²) in [5.74, 6) is 0.211. The van der Waals surface area contributed by atoms with Crippen LogP contribution in [0.1, 0.15) is 63.5 Å². The van der Waals surface area contributed by atoms with Gasteiger partial charge in [-0.3, -0.25) is 13.9 Å². The number of ether oxygens (including phenoxy) is 1. The molecule has 1 N–H and O–H groups in total.